The molecule has 6 nitrogen and oxygen atoms in total. The number of β-amino-alcohol motifs (C(OH)–C–C–N with tert-alkyl or cyclic N) is 1. The molecule has 0 aromatic carbocycles. The number of carbonyl (C=O) groups excluding carboxylic acids is 1. The lowest BCUT2D eigenvalue weighted by molar-refractivity contribution is -0.120. The Labute approximate surface area is 150 Å². The van der Waals surface area contributed by atoms with Crippen LogP contribution in [-0.2, 0) is 11.2 Å². The summed E-state index contributed by atoms with van der Waals surface area (Å²) < 4.78 is 5.37. The van der Waals surface area contributed by atoms with E-state index >= 15 is 0 Å². The Hall–Kier alpha value is -1.12. The molecule has 1 saturated heterocycles. The topological polar surface area (TPSA) is 87.4 Å². The zero-order valence-corrected chi connectivity index (χ0v) is 14.7. The maximum absolute atomic E-state index is 11.9. The normalized spacial score (nSPS) is 19.7. The highest BCUT2D eigenvalue weighted by Gasteiger charge is 2.25. The van der Waals surface area contributed by atoms with Crippen LogP contribution in [0.25, 0.3) is 10.8 Å². The van der Waals surface area contributed by atoms with Gasteiger partial charge in [0.05, 0.1) is 23.1 Å². The van der Waals surface area contributed by atoms with E-state index in [0.717, 1.165) is 11.4 Å². The van der Waals surface area contributed by atoms with Gasteiger partial charge >= 0.3 is 0 Å². The van der Waals surface area contributed by atoms with Gasteiger partial charge in [-0.3, -0.25) is 4.79 Å². The largest absolute Gasteiger partial charge is 0.444 e. The number of hydrogen-bond donors (Lipinski definition) is 3. The molecule has 3 heterocycles. The number of hydrogen-bond acceptors (Lipinski definition) is 6. The highest BCUT2D eigenvalue weighted by molar-refractivity contribution is 7.13. The molecule has 2 unspecified atom stereocenters. The van der Waals surface area contributed by atoms with Gasteiger partial charge in [0.25, 0.3) is 0 Å². The summed E-state index contributed by atoms with van der Waals surface area (Å²) in [6.45, 7) is 1.80. The number of halogens is 2. The molecule has 0 aliphatic carbocycles. The van der Waals surface area contributed by atoms with Crippen LogP contribution in [0, 0.1) is 5.92 Å². The third kappa shape index (κ3) is 5.19. The molecule has 2 aromatic heterocycles. The molecule has 1 amide bonds. The Kier molecular flexibility index (Phi) is 8.01. The summed E-state index contributed by atoms with van der Waals surface area (Å²) in [6.07, 6.45) is 1.31. The summed E-state index contributed by atoms with van der Waals surface area (Å²) in [4.78, 5) is 17.1. The second-order valence-electron chi connectivity index (χ2n) is 5.09. The van der Waals surface area contributed by atoms with E-state index in [1.54, 1.807) is 11.3 Å². The van der Waals surface area contributed by atoms with Crippen molar-refractivity contribution in [1.82, 2.24) is 15.6 Å². The first-order valence-corrected chi connectivity index (χ1v) is 7.74. The fourth-order valence-corrected chi connectivity index (χ4v) is 2.96. The summed E-state index contributed by atoms with van der Waals surface area (Å²) in [5.74, 6) is 0.510. The number of aliphatic hydroxyl groups is 1. The summed E-state index contributed by atoms with van der Waals surface area (Å²) >= 11 is 1.54. The smallest absolute Gasteiger partial charge is 0.236 e. The maximum atomic E-state index is 11.9. The van der Waals surface area contributed by atoms with Crippen LogP contribution in [0.3, 0.4) is 0 Å². The molecule has 128 valence electrons. The van der Waals surface area contributed by atoms with E-state index in [1.807, 2.05) is 17.5 Å². The highest BCUT2D eigenvalue weighted by atomic mass is 35.5. The monoisotopic (exact) mass is 379 g/mol. The van der Waals surface area contributed by atoms with Crippen molar-refractivity contribution in [2.75, 3.05) is 19.6 Å². The number of amides is 1. The Balaban J connectivity index is 0.00000132. The second-order valence-corrected chi connectivity index (χ2v) is 6.04. The second kappa shape index (κ2) is 9.24. The molecular formula is C14H19Cl2N3O3S. The zero-order valence-electron chi connectivity index (χ0n) is 12.2. The molecule has 1 aliphatic rings. The van der Waals surface area contributed by atoms with Crippen molar-refractivity contribution in [3.05, 3.63) is 29.5 Å². The van der Waals surface area contributed by atoms with Crippen LogP contribution < -0.4 is 10.6 Å². The molecule has 0 bridgehead atoms. The van der Waals surface area contributed by atoms with Gasteiger partial charge in [0.15, 0.2) is 0 Å². The molecule has 9 heteroatoms. The van der Waals surface area contributed by atoms with Gasteiger partial charge in [-0.05, 0) is 11.4 Å². The van der Waals surface area contributed by atoms with Gasteiger partial charge in [-0.15, -0.1) is 36.2 Å². The molecular weight excluding hydrogens is 361 g/mol. The summed E-state index contributed by atoms with van der Waals surface area (Å²) in [5, 5.41) is 17.5. The summed E-state index contributed by atoms with van der Waals surface area (Å²) in [5.41, 5.74) is 0.612. The van der Waals surface area contributed by atoms with E-state index in [2.05, 4.69) is 15.6 Å². The SMILES string of the molecule is Cl.Cl.O=C(Cc1coc(-c2cccs2)n1)NCC1CNCC1O. The Morgan fingerprint density at radius 2 is 2.30 bits per heavy atom. The third-order valence-electron chi connectivity index (χ3n) is 3.49. The first kappa shape index (κ1) is 19.9. The number of oxazole rings is 1. The van der Waals surface area contributed by atoms with Gasteiger partial charge in [0.1, 0.15) is 6.26 Å². The van der Waals surface area contributed by atoms with E-state index in [9.17, 15) is 9.90 Å². The van der Waals surface area contributed by atoms with Crippen LogP contribution in [0.1, 0.15) is 5.69 Å². The first-order valence-electron chi connectivity index (χ1n) is 6.86. The molecule has 2 atom stereocenters. The molecule has 3 rings (SSSR count). The molecule has 2 aromatic rings. The molecule has 23 heavy (non-hydrogen) atoms. The van der Waals surface area contributed by atoms with Crippen LogP contribution >= 0.6 is 36.2 Å². The van der Waals surface area contributed by atoms with E-state index in [-0.39, 0.29) is 49.2 Å². The molecule has 1 fully saturated rings. The van der Waals surface area contributed by atoms with E-state index in [0.29, 0.717) is 24.7 Å². The lowest BCUT2D eigenvalue weighted by Gasteiger charge is -2.13. The van der Waals surface area contributed by atoms with Crippen molar-refractivity contribution < 1.29 is 14.3 Å². The minimum absolute atomic E-state index is 0. The lowest BCUT2D eigenvalue weighted by atomic mass is 10.1. The van der Waals surface area contributed by atoms with Gasteiger partial charge in [-0.25, -0.2) is 4.98 Å². The minimum Gasteiger partial charge on any atom is -0.444 e. The Morgan fingerprint density at radius 1 is 1.48 bits per heavy atom. The number of carbonyl (C=O) groups is 1. The average Bonchev–Trinajstić information content (AvgIpc) is 3.17. The average molecular weight is 380 g/mol. The number of aromatic nitrogens is 1. The van der Waals surface area contributed by atoms with Crippen molar-refractivity contribution in [1.29, 1.82) is 0 Å². The van der Waals surface area contributed by atoms with Gasteiger partial charge in [0, 0.05) is 25.6 Å². The van der Waals surface area contributed by atoms with Gasteiger partial charge in [-0.2, -0.15) is 0 Å². The summed E-state index contributed by atoms with van der Waals surface area (Å²) in [7, 11) is 0. The highest BCUT2D eigenvalue weighted by Crippen LogP contribution is 2.23. The zero-order chi connectivity index (χ0) is 14.7. The first-order chi connectivity index (χ1) is 10.2. The van der Waals surface area contributed by atoms with Crippen LogP contribution in [0.4, 0.5) is 0 Å². The number of nitrogens with one attached hydrogen (secondary N) is 2. The van der Waals surface area contributed by atoms with Crippen LogP contribution in [0.5, 0.6) is 0 Å². The van der Waals surface area contributed by atoms with Crippen molar-refractivity contribution >= 4 is 42.1 Å². The van der Waals surface area contributed by atoms with E-state index in [4.69, 9.17) is 4.42 Å². The van der Waals surface area contributed by atoms with Gasteiger partial charge in [-0.1, -0.05) is 6.07 Å². The Morgan fingerprint density at radius 3 is 2.96 bits per heavy atom. The lowest BCUT2D eigenvalue weighted by Crippen LogP contribution is -2.35. The third-order valence-corrected chi connectivity index (χ3v) is 4.35. The Bertz CT molecular complexity index is 606. The number of rotatable bonds is 5. The fourth-order valence-electron chi connectivity index (χ4n) is 2.30. The molecule has 0 saturated carbocycles. The molecule has 3 N–H and O–H groups in total. The maximum Gasteiger partial charge on any atom is 0.236 e. The van der Waals surface area contributed by atoms with Gasteiger partial charge in [0.2, 0.25) is 11.8 Å². The predicted molar refractivity (Wildman–Crippen MR) is 93.4 cm³/mol. The quantitative estimate of drug-likeness (QED) is 0.732. The minimum atomic E-state index is -0.386. The van der Waals surface area contributed by atoms with Gasteiger partial charge < -0.3 is 20.2 Å². The number of nitrogens with zero attached hydrogens (tertiary/aromatic N) is 1. The van der Waals surface area contributed by atoms with Crippen molar-refractivity contribution in [3.63, 3.8) is 0 Å². The van der Waals surface area contributed by atoms with Crippen molar-refractivity contribution in [2.24, 2.45) is 5.92 Å². The molecule has 0 radical (unpaired) electrons. The standard InChI is InChI=1S/C14H17N3O3S.2ClH/c18-11-7-15-5-9(11)6-16-13(19)4-10-8-20-14(17-10)12-2-1-3-21-12;;/h1-3,8-9,11,15,18H,4-7H2,(H,16,19);2*1H. The van der Waals surface area contributed by atoms with E-state index in [1.165, 1.54) is 6.26 Å². The van der Waals surface area contributed by atoms with Crippen molar-refractivity contribution in [2.45, 2.75) is 12.5 Å². The van der Waals surface area contributed by atoms with E-state index < -0.39 is 0 Å². The molecule has 1 aliphatic heterocycles. The fraction of sp³-hybridized carbons (Fsp3) is 0.429. The van der Waals surface area contributed by atoms with Crippen LogP contribution in [0.2, 0.25) is 0 Å². The number of aliphatic hydroxyl groups excluding tert-OH is 1. The van der Waals surface area contributed by atoms with Crippen molar-refractivity contribution in [3.8, 4) is 10.8 Å². The van der Waals surface area contributed by atoms with Crippen LogP contribution in [-0.4, -0.2) is 41.7 Å². The molecule has 0 spiro atoms. The van der Waals surface area contributed by atoms with Crippen LogP contribution in [0.15, 0.2) is 28.2 Å². The number of thiophene rings is 1. The summed E-state index contributed by atoms with van der Waals surface area (Å²) in [6, 6.07) is 3.85. The predicted octanol–water partition coefficient (Wildman–Crippen LogP) is 1.49.